The maximum Gasteiger partial charge on any atom is 0.306 e. The van der Waals surface area contributed by atoms with E-state index in [-0.39, 0.29) is 32.7 Å². The zero-order valence-corrected chi connectivity index (χ0v) is 52.7. The van der Waals surface area contributed by atoms with Gasteiger partial charge >= 0.3 is 11.9 Å². The molecule has 9 nitrogen and oxygen atoms in total. The Morgan fingerprint density at radius 3 is 1.05 bits per heavy atom. The van der Waals surface area contributed by atoms with Gasteiger partial charge in [0.2, 0.25) is 0 Å². The number of aliphatic carboxylic acids is 1. The number of esters is 2. The third-order valence-electron chi connectivity index (χ3n) is 12.6. The molecular weight excluding hydrogens is 1030 g/mol. The minimum Gasteiger partial charge on any atom is -0.545 e. The molecule has 9 heteroatoms. The first-order valence-electron chi connectivity index (χ1n) is 31.9. The lowest BCUT2D eigenvalue weighted by Crippen LogP contribution is -2.44. The first-order valence-corrected chi connectivity index (χ1v) is 31.9. The van der Waals surface area contributed by atoms with Gasteiger partial charge in [0.15, 0.2) is 12.4 Å². The van der Waals surface area contributed by atoms with E-state index >= 15 is 0 Å². The molecule has 2 atom stereocenters. The van der Waals surface area contributed by atoms with E-state index in [0.29, 0.717) is 23.9 Å². The van der Waals surface area contributed by atoms with Crippen molar-refractivity contribution in [2.75, 3.05) is 47.5 Å². The van der Waals surface area contributed by atoms with Crippen molar-refractivity contribution < 1.29 is 42.9 Å². The summed E-state index contributed by atoms with van der Waals surface area (Å²) in [5.41, 5.74) is 0. The molecule has 2 unspecified atom stereocenters. The summed E-state index contributed by atoms with van der Waals surface area (Å²) in [5.74, 6) is -2.39. The lowest BCUT2D eigenvalue weighted by Gasteiger charge is -2.26. The van der Waals surface area contributed by atoms with Gasteiger partial charge in [-0.15, -0.1) is 0 Å². The Morgan fingerprint density at radius 1 is 0.373 bits per heavy atom. The smallest absolute Gasteiger partial charge is 0.306 e. The maximum atomic E-state index is 12.9. The van der Waals surface area contributed by atoms with E-state index in [1.54, 1.807) is 0 Å². The summed E-state index contributed by atoms with van der Waals surface area (Å²) in [5, 5.41) is 11.8. The van der Waals surface area contributed by atoms with Gasteiger partial charge < -0.3 is 33.3 Å². The van der Waals surface area contributed by atoms with Crippen molar-refractivity contribution in [3.05, 3.63) is 182 Å². The standard InChI is InChI=1S/C74H115NO8/c1-6-8-10-12-14-16-18-20-22-24-26-27-28-29-30-31-32-33-34-35-36-37-38-39-40-41-42-43-44-45-47-49-51-53-55-57-59-61-63-65-72(77)83-70(69-82-74(73(78)79)80-67-66-75(3,4)5)68-81-71(76)64-62-60-58-56-54-52-50-48-46-25-23-21-19-17-15-13-11-9-7-2/h8,10,14-17,20-23,26-27,29-30,32-33,35-36,38-39,41-42,44-46,48-49,51,55,57,70,74H,6-7,9,11-13,18-19,24-25,28,31,34,37,40,43,47,50,52-54,56,58-69H2,1-5H3/b10-8-,16-14-,17-15-,22-20-,23-21-,27-26-,30-29-,33-32-,36-35-,39-38-,42-41-,45-44-,48-46-,51-49-,57-55-. The minimum absolute atomic E-state index is 0.126. The van der Waals surface area contributed by atoms with Gasteiger partial charge in [-0.2, -0.15) is 0 Å². The van der Waals surface area contributed by atoms with Crippen LogP contribution < -0.4 is 5.11 Å². The van der Waals surface area contributed by atoms with Gasteiger partial charge in [-0.05, 0) is 141 Å². The fraction of sp³-hybridized carbons (Fsp3) is 0.554. The highest BCUT2D eigenvalue weighted by Gasteiger charge is 2.22. The van der Waals surface area contributed by atoms with Crippen molar-refractivity contribution in [1.82, 2.24) is 0 Å². The number of allylic oxidation sites excluding steroid dienone is 30. The molecule has 83 heavy (non-hydrogen) atoms. The quantitative estimate of drug-likeness (QED) is 0.0195. The molecular formula is C74H115NO8. The van der Waals surface area contributed by atoms with E-state index in [4.69, 9.17) is 18.9 Å². The largest absolute Gasteiger partial charge is 0.545 e. The van der Waals surface area contributed by atoms with Gasteiger partial charge in [0.25, 0.3) is 0 Å². The molecule has 0 aromatic rings. The second-order valence-electron chi connectivity index (χ2n) is 21.6. The molecule has 0 spiro atoms. The van der Waals surface area contributed by atoms with Crippen LogP contribution >= 0.6 is 0 Å². The van der Waals surface area contributed by atoms with Crippen LogP contribution in [-0.2, 0) is 33.3 Å². The fourth-order valence-electron chi connectivity index (χ4n) is 7.76. The Hall–Kier alpha value is -5.61. The number of carboxylic acids is 1. The highest BCUT2D eigenvalue weighted by Crippen LogP contribution is 2.12. The van der Waals surface area contributed by atoms with Gasteiger partial charge in [-0.3, -0.25) is 9.59 Å². The molecule has 0 saturated carbocycles. The van der Waals surface area contributed by atoms with Crippen LogP contribution in [0.5, 0.6) is 0 Å². The SMILES string of the molecule is CC/C=C\C/C=C\C/C=C\C/C=C\C/C=C\C/C=C\C/C=C\C/C=C\C/C=C\C/C=C\C/C=C\C/C=C\CCCCC(=O)OC(COC(=O)CCCCCCCC/C=C\C/C=C\C/C=C\CCCCC)COC(OCC[N+](C)(C)C)C(=O)[O-]. The average molecular weight is 1150 g/mol. The number of hydrogen-bond acceptors (Lipinski definition) is 8. The van der Waals surface area contributed by atoms with Crippen molar-refractivity contribution >= 4 is 17.9 Å². The topological polar surface area (TPSA) is 111 Å². The molecule has 0 aromatic carbocycles. The number of unbranched alkanes of at least 4 members (excludes halogenated alkanes) is 11. The predicted molar refractivity (Wildman–Crippen MR) is 351 cm³/mol. The number of carbonyl (C=O) groups excluding carboxylic acids is 3. The minimum atomic E-state index is -1.65. The Balaban J connectivity index is 4.34. The van der Waals surface area contributed by atoms with Crippen LogP contribution in [0.25, 0.3) is 0 Å². The van der Waals surface area contributed by atoms with E-state index in [1.807, 2.05) is 21.1 Å². The second kappa shape index (κ2) is 62.4. The third kappa shape index (κ3) is 63.8. The van der Waals surface area contributed by atoms with Crippen LogP contribution in [0, 0.1) is 0 Å². The summed E-state index contributed by atoms with van der Waals surface area (Å²) < 4.78 is 22.6. The van der Waals surface area contributed by atoms with Crippen molar-refractivity contribution in [3.63, 3.8) is 0 Å². The molecule has 0 radical (unpaired) electrons. The highest BCUT2D eigenvalue weighted by atomic mass is 16.7. The summed E-state index contributed by atoms with van der Waals surface area (Å²) in [7, 11) is 5.89. The number of rotatable bonds is 56. The summed E-state index contributed by atoms with van der Waals surface area (Å²) in [6, 6.07) is 0. The van der Waals surface area contributed by atoms with Gasteiger partial charge in [0, 0.05) is 12.8 Å². The summed E-state index contributed by atoms with van der Waals surface area (Å²) in [6.45, 7) is 4.51. The highest BCUT2D eigenvalue weighted by molar-refractivity contribution is 5.70. The van der Waals surface area contributed by atoms with Crippen molar-refractivity contribution in [2.45, 2.75) is 219 Å². The number of carboxylic acid groups (broad SMARTS) is 1. The zero-order valence-electron chi connectivity index (χ0n) is 52.7. The Morgan fingerprint density at radius 2 is 0.687 bits per heavy atom. The van der Waals surface area contributed by atoms with Gasteiger partial charge in [0.05, 0.1) is 40.3 Å². The number of likely N-dealkylation sites (N-methyl/N-ethyl adjacent to an activating group) is 1. The van der Waals surface area contributed by atoms with Crippen LogP contribution in [0.15, 0.2) is 182 Å². The summed E-state index contributed by atoms with van der Waals surface area (Å²) in [6.07, 6.45) is 92.4. The number of hydrogen-bond donors (Lipinski definition) is 0. The summed E-state index contributed by atoms with van der Waals surface area (Å²) >= 11 is 0. The number of ether oxygens (including phenoxy) is 4. The van der Waals surface area contributed by atoms with Crippen molar-refractivity contribution in [3.8, 4) is 0 Å². The van der Waals surface area contributed by atoms with E-state index in [2.05, 4.69) is 196 Å². The molecule has 0 N–H and O–H groups in total. The lowest BCUT2D eigenvalue weighted by atomic mass is 10.1. The molecule has 464 valence electrons. The van der Waals surface area contributed by atoms with Crippen LogP contribution in [0.4, 0.5) is 0 Å². The molecule has 0 amide bonds. The molecule has 0 bridgehead atoms. The van der Waals surface area contributed by atoms with Crippen LogP contribution in [0.1, 0.15) is 206 Å². The molecule has 0 saturated heterocycles. The van der Waals surface area contributed by atoms with E-state index < -0.39 is 30.3 Å². The summed E-state index contributed by atoms with van der Waals surface area (Å²) in [4.78, 5) is 37.3. The molecule has 0 aliphatic heterocycles. The van der Waals surface area contributed by atoms with Gasteiger partial charge in [-0.25, -0.2) is 0 Å². The Bertz CT molecular complexity index is 2010. The van der Waals surface area contributed by atoms with E-state index in [1.165, 1.54) is 25.7 Å². The Kier molecular flexibility index (Phi) is 58.2. The van der Waals surface area contributed by atoms with Crippen molar-refractivity contribution in [1.29, 1.82) is 0 Å². The average Bonchev–Trinajstić information content (AvgIpc) is 3.46. The number of quaternary nitrogens is 1. The number of nitrogens with zero attached hydrogens (tertiary/aromatic N) is 1. The third-order valence-corrected chi connectivity index (χ3v) is 12.6. The normalized spacial score (nSPS) is 14.0. The van der Waals surface area contributed by atoms with E-state index in [0.717, 1.165) is 141 Å². The maximum absolute atomic E-state index is 12.9. The molecule has 0 heterocycles. The van der Waals surface area contributed by atoms with Crippen LogP contribution in [0.2, 0.25) is 0 Å². The fourth-order valence-corrected chi connectivity index (χ4v) is 7.76. The molecule has 0 aliphatic carbocycles. The van der Waals surface area contributed by atoms with E-state index in [9.17, 15) is 19.5 Å². The monoisotopic (exact) mass is 1150 g/mol. The van der Waals surface area contributed by atoms with Crippen molar-refractivity contribution in [2.24, 2.45) is 0 Å². The predicted octanol–water partition coefficient (Wildman–Crippen LogP) is 18.3. The zero-order chi connectivity index (χ0) is 60.5. The molecule has 0 aromatic heterocycles. The molecule has 0 rings (SSSR count). The molecule has 0 fully saturated rings. The van der Waals surface area contributed by atoms with Gasteiger partial charge in [-0.1, -0.05) is 235 Å². The lowest BCUT2D eigenvalue weighted by molar-refractivity contribution is -0.870. The second-order valence-corrected chi connectivity index (χ2v) is 21.6. The number of carbonyl (C=O) groups is 3. The first kappa shape index (κ1) is 77.4. The van der Waals surface area contributed by atoms with Gasteiger partial charge in [0.1, 0.15) is 13.2 Å². The van der Waals surface area contributed by atoms with Crippen LogP contribution in [0.3, 0.4) is 0 Å². The van der Waals surface area contributed by atoms with Crippen LogP contribution in [-0.4, -0.2) is 82.3 Å². The Labute approximate surface area is 507 Å². The first-order chi connectivity index (χ1) is 40.6. The molecule has 0 aliphatic rings.